The van der Waals surface area contributed by atoms with Gasteiger partial charge < -0.3 is 9.47 Å². The molecule has 0 saturated heterocycles. The quantitative estimate of drug-likeness (QED) is 0.437. The lowest BCUT2D eigenvalue weighted by molar-refractivity contribution is -0.159. The lowest BCUT2D eigenvalue weighted by Crippen LogP contribution is -2.29. The van der Waals surface area contributed by atoms with Gasteiger partial charge in [0.2, 0.25) is 0 Å². The minimum atomic E-state index is -0.726. The zero-order valence-corrected chi connectivity index (χ0v) is 11.2. The third-order valence-corrected chi connectivity index (χ3v) is 2.29. The minimum Gasteiger partial charge on any atom is -0.464 e. The van der Waals surface area contributed by atoms with Crippen molar-refractivity contribution in [3.63, 3.8) is 0 Å². The van der Waals surface area contributed by atoms with Gasteiger partial charge in [0.05, 0.1) is 6.61 Å². The lowest BCUT2D eigenvalue weighted by Gasteiger charge is -2.15. The van der Waals surface area contributed by atoms with E-state index < -0.39 is 12.1 Å². The number of Topliss-reactive ketones (excluding diaryl/α,β-unsaturated/α-hetero) is 1. The van der Waals surface area contributed by atoms with Crippen LogP contribution in [0.15, 0.2) is 0 Å². The topological polar surface area (TPSA) is 52.6 Å². The summed E-state index contributed by atoms with van der Waals surface area (Å²) >= 11 is 0. The van der Waals surface area contributed by atoms with Crippen molar-refractivity contribution in [1.82, 2.24) is 0 Å². The van der Waals surface area contributed by atoms with Crippen LogP contribution in [0.3, 0.4) is 0 Å². The van der Waals surface area contributed by atoms with Crippen LogP contribution in [0.2, 0.25) is 0 Å². The molecule has 0 aliphatic carbocycles. The highest BCUT2D eigenvalue weighted by atomic mass is 16.6. The molecule has 0 fully saturated rings. The lowest BCUT2D eigenvalue weighted by atomic mass is 10.2. The van der Waals surface area contributed by atoms with Gasteiger partial charge in [0, 0.05) is 13.0 Å². The Bertz CT molecular complexity index is 225. The van der Waals surface area contributed by atoms with Gasteiger partial charge in [-0.2, -0.15) is 0 Å². The fourth-order valence-electron chi connectivity index (χ4n) is 1.25. The maximum atomic E-state index is 11.6. The summed E-state index contributed by atoms with van der Waals surface area (Å²) in [5.41, 5.74) is 0. The second-order valence-electron chi connectivity index (χ2n) is 4.14. The van der Waals surface area contributed by atoms with Gasteiger partial charge >= 0.3 is 5.97 Å². The smallest absolute Gasteiger partial charge is 0.335 e. The second kappa shape index (κ2) is 10.3. The van der Waals surface area contributed by atoms with E-state index in [0.717, 1.165) is 25.7 Å². The fraction of sp³-hybridized carbons (Fsp3) is 0.846. The van der Waals surface area contributed by atoms with Crippen LogP contribution in [0.4, 0.5) is 0 Å². The number of unbranched alkanes of at least 4 members (excludes halogenated alkanes) is 2. The molecule has 0 spiro atoms. The molecule has 4 heteroatoms. The number of ketones is 1. The average molecular weight is 244 g/mol. The largest absolute Gasteiger partial charge is 0.464 e. The molecular formula is C13H24O4. The molecule has 0 radical (unpaired) electrons. The highest BCUT2D eigenvalue weighted by Gasteiger charge is 2.22. The van der Waals surface area contributed by atoms with Crippen molar-refractivity contribution >= 4 is 11.8 Å². The molecule has 0 aromatic carbocycles. The van der Waals surface area contributed by atoms with Gasteiger partial charge in [-0.3, -0.25) is 4.79 Å². The third-order valence-electron chi connectivity index (χ3n) is 2.29. The summed E-state index contributed by atoms with van der Waals surface area (Å²) in [6, 6.07) is 0. The maximum absolute atomic E-state index is 11.6. The Morgan fingerprint density at radius 1 is 1.06 bits per heavy atom. The van der Waals surface area contributed by atoms with Crippen molar-refractivity contribution in [1.29, 1.82) is 0 Å². The number of rotatable bonds is 10. The minimum absolute atomic E-state index is 0.0565. The van der Waals surface area contributed by atoms with Gasteiger partial charge in [0.15, 0.2) is 6.10 Å². The molecule has 0 amide bonds. The van der Waals surface area contributed by atoms with Crippen molar-refractivity contribution in [2.75, 3.05) is 13.2 Å². The van der Waals surface area contributed by atoms with Gasteiger partial charge in [-0.25, -0.2) is 4.79 Å². The van der Waals surface area contributed by atoms with Crippen LogP contribution in [0.25, 0.3) is 0 Å². The number of hydrogen-bond donors (Lipinski definition) is 0. The van der Waals surface area contributed by atoms with Crippen LogP contribution in [-0.4, -0.2) is 31.1 Å². The van der Waals surface area contributed by atoms with E-state index in [4.69, 9.17) is 9.47 Å². The Morgan fingerprint density at radius 2 is 1.65 bits per heavy atom. The second-order valence-corrected chi connectivity index (χ2v) is 4.14. The van der Waals surface area contributed by atoms with E-state index in [2.05, 4.69) is 0 Å². The fourth-order valence-corrected chi connectivity index (χ4v) is 1.25. The van der Waals surface area contributed by atoms with E-state index in [1.807, 2.05) is 13.8 Å². The summed E-state index contributed by atoms with van der Waals surface area (Å²) in [6.45, 7) is 6.43. The summed E-state index contributed by atoms with van der Waals surface area (Å²) < 4.78 is 10.5. The third kappa shape index (κ3) is 8.86. The van der Waals surface area contributed by atoms with Crippen LogP contribution in [0.5, 0.6) is 0 Å². The molecule has 0 aromatic heterocycles. The number of ether oxygens (including phenoxy) is 2. The molecule has 4 nitrogen and oxygen atoms in total. The first-order valence-corrected chi connectivity index (χ1v) is 6.39. The highest BCUT2D eigenvalue weighted by molar-refractivity contribution is 5.84. The number of hydrogen-bond acceptors (Lipinski definition) is 4. The Labute approximate surface area is 104 Å². The van der Waals surface area contributed by atoms with E-state index in [1.165, 1.54) is 6.92 Å². The first-order chi connectivity index (χ1) is 8.11. The first kappa shape index (κ1) is 16.1. The Kier molecular flexibility index (Phi) is 9.72. The van der Waals surface area contributed by atoms with Crippen molar-refractivity contribution in [2.45, 2.75) is 59.0 Å². The van der Waals surface area contributed by atoms with Crippen molar-refractivity contribution in [2.24, 2.45) is 0 Å². The predicted molar refractivity (Wildman–Crippen MR) is 65.8 cm³/mol. The van der Waals surface area contributed by atoms with Crippen molar-refractivity contribution in [3.05, 3.63) is 0 Å². The molecule has 0 bridgehead atoms. The van der Waals surface area contributed by atoms with Gasteiger partial charge in [-0.1, -0.05) is 26.7 Å². The van der Waals surface area contributed by atoms with Crippen LogP contribution >= 0.6 is 0 Å². The van der Waals surface area contributed by atoms with E-state index in [-0.39, 0.29) is 12.2 Å². The van der Waals surface area contributed by atoms with E-state index >= 15 is 0 Å². The van der Waals surface area contributed by atoms with Crippen molar-refractivity contribution in [3.8, 4) is 0 Å². The number of esters is 1. The summed E-state index contributed by atoms with van der Waals surface area (Å²) in [7, 11) is 0. The molecule has 1 atom stereocenters. The molecule has 1 unspecified atom stereocenters. The average Bonchev–Trinajstić information content (AvgIpc) is 2.27. The van der Waals surface area contributed by atoms with Gasteiger partial charge in [-0.05, 0) is 19.8 Å². The molecule has 0 aromatic rings. The monoisotopic (exact) mass is 244 g/mol. The molecule has 17 heavy (non-hydrogen) atoms. The predicted octanol–water partition coefficient (Wildman–Crippen LogP) is 2.49. The Morgan fingerprint density at radius 3 is 2.18 bits per heavy atom. The Balaban J connectivity index is 4.05. The van der Waals surface area contributed by atoms with E-state index in [0.29, 0.717) is 13.2 Å². The Hall–Kier alpha value is -0.900. The van der Waals surface area contributed by atoms with Crippen molar-refractivity contribution < 1.29 is 19.1 Å². The number of carbonyl (C=O) groups excluding carboxylic acids is 2. The van der Waals surface area contributed by atoms with Crippen LogP contribution < -0.4 is 0 Å². The summed E-state index contributed by atoms with van der Waals surface area (Å²) in [5, 5.41) is 0. The van der Waals surface area contributed by atoms with Gasteiger partial charge in [-0.15, -0.1) is 0 Å². The normalized spacial score (nSPS) is 12.2. The molecule has 0 N–H and O–H groups in total. The SMILES string of the molecule is CCCCOC(=O)C(CC(C)=O)OCCCC. The zero-order chi connectivity index (χ0) is 13.1. The molecule has 0 saturated carbocycles. The summed E-state index contributed by atoms with van der Waals surface area (Å²) in [4.78, 5) is 22.7. The van der Waals surface area contributed by atoms with Gasteiger partial charge in [0.25, 0.3) is 0 Å². The van der Waals surface area contributed by atoms with Crippen LogP contribution in [0, 0.1) is 0 Å². The summed E-state index contributed by atoms with van der Waals surface area (Å²) in [6.07, 6.45) is 3.08. The van der Waals surface area contributed by atoms with Gasteiger partial charge in [0.1, 0.15) is 5.78 Å². The van der Waals surface area contributed by atoms with Crippen LogP contribution in [0.1, 0.15) is 52.9 Å². The van der Waals surface area contributed by atoms with E-state index in [9.17, 15) is 9.59 Å². The molecule has 100 valence electrons. The highest BCUT2D eigenvalue weighted by Crippen LogP contribution is 2.05. The zero-order valence-electron chi connectivity index (χ0n) is 11.2. The molecule has 0 rings (SSSR count). The first-order valence-electron chi connectivity index (χ1n) is 6.39. The molecule has 0 aliphatic rings. The molecule has 0 aliphatic heterocycles. The number of carbonyl (C=O) groups is 2. The van der Waals surface area contributed by atoms with E-state index in [1.54, 1.807) is 0 Å². The molecule has 0 heterocycles. The molecular weight excluding hydrogens is 220 g/mol. The standard InChI is InChI=1S/C13H24O4/c1-4-6-8-16-12(10-11(3)14)13(15)17-9-7-5-2/h12H,4-10H2,1-3H3. The summed E-state index contributed by atoms with van der Waals surface area (Å²) in [5.74, 6) is -0.469. The maximum Gasteiger partial charge on any atom is 0.335 e. The van der Waals surface area contributed by atoms with Crippen LogP contribution in [-0.2, 0) is 19.1 Å².